The number of amides is 2. The summed E-state index contributed by atoms with van der Waals surface area (Å²) in [6.07, 6.45) is 0. The lowest BCUT2D eigenvalue weighted by atomic mass is 10.2. The first-order valence-corrected chi connectivity index (χ1v) is 13.6. The molecular formula is C27H28ClN3O5S. The third-order valence-electron chi connectivity index (χ3n) is 6.13. The number of hydrogen-bond acceptors (Lipinski definition) is 5. The van der Waals surface area contributed by atoms with Crippen LogP contribution >= 0.6 is 11.6 Å². The Morgan fingerprint density at radius 3 is 2.43 bits per heavy atom. The topological polar surface area (TPSA) is 96.0 Å². The maximum Gasteiger partial charge on any atom is 0.264 e. The van der Waals surface area contributed by atoms with Gasteiger partial charge in [-0.3, -0.25) is 13.9 Å². The Labute approximate surface area is 221 Å². The zero-order valence-electron chi connectivity index (χ0n) is 20.6. The Morgan fingerprint density at radius 2 is 1.76 bits per heavy atom. The number of aryl methyl sites for hydroxylation is 1. The smallest absolute Gasteiger partial charge is 0.264 e. The van der Waals surface area contributed by atoms with E-state index in [4.69, 9.17) is 16.3 Å². The van der Waals surface area contributed by atoms with Gasteiger partial charge in [0.2, 0.25) is 5.91 Å². The third-order valence-corrected chi connectivity index (χ3v) is 8.31. The number of carbonyl (C=O) groups is 2. The molecule has 1 saturated heterocycles. The number of benzene rings is 3. The molecule has 4 rings (SSSR count). The summed E-state index contributed by atoms with van der Waals surface area (Å²) in [5.41, 5.74) is 3.38. The van der Waals surface area contributed by atoms with Crippen LogP contribution in [0.4, 0.5) is 11.4 Å². The molecule has 0 atom stereocenters. The van der Waals surface area contributed by atoms with Crippen molar-refractivity contribution < 1.29 is 22.7 Å². The maximum absolute atomic E-state index is 13.6. The maximum atomic E-state index is 13.6. The van der Waals surface area contributed by atoms with Gasteiger partial charge in [0.05, 0.1) is 17.2 Å². The van der Waals surface area contributed by atoms with Crippen molar-refractivity contribution >= 4 is 44.8 Å². The normalized spacial score (nSPS) is 13.9. The first-order chi connectivity index (χ1) is 17.7. The van der Waals surface area contributed by atoms with Crippen molar-refractivity contribution in [2.24, 2.45) is 0 Å². The SMILES string of the molecule is Cc1ccc(S(=O)(=O)N(CC(=O)NCc2ccc(N3CCOCC3=O)cc2)c2cccc(Cl)c2C)cc1. The van der Waals surface area contributed by atoms with Crippen molar-refractivity contribution in [2.75, 3.05) is 35.5 Å². The summed E-state index contributed by atoms with van der Waals surface area (Å²) in [6.45, 7) is 4.40. The van der Waals surface area contributed by atoms with E-state index in [2.05, 4.69) is 5.32 Å². The molecule has 0 spiro atoms. The molecule has 194 valence electrons. The number of sulfonamides is 1. The second-order valence-electron chi connectivity index (χ2n) is 8.75. The van der Waals surface area contributed by atoms with Gasteiger partial charge in [-0.25, -0.2) is 8.42 Å². The van der Waals surface area contributed by atoms with Gasteiger partial charge in [0.25, 0.3) is 15.9 Å². The molecule has 0 saturated carbocycles. The molecular weight excluding hydrogens is 514 g/mol. The van der Waals surface area contributed by atoms with Crippen molar-refractivity contribution in [2.45, 2.75) is 25.3 Å². The molecule has 10 heteroatoms. The lowest BCUT2D eigenvalue weighted by Gasteiger charge is -2.27. The van der Waals surface area contributed by atoms with Gasteiger partial charge < -0.3 is 15.0 Å². The van der Waals surface area contributed by atoms with E-state index in [0.29, 0.717) is 29.4 Å². The van der Waals surface area contributed by atoms with Crippen molar-refractivity contribution in [3.05, 3.63) is 88.4 Å². The number of nitrogens with one attached hydrogen (secondary N) is 1. The summed E-state index contributed by atoms with van der Waals surface area (Å²) in [5.74, 6) is -0.569. The first-order valence-electron chi connectivity index (χ1n) is 11.7. The molecule has 1 N–H and O–H groups in total. The zero-order valence-corrected chi connectivity index (χ0v) is 22.2. The van der Waals surface area contributed by atoms with Gasteiger partial charge >= 0.3 is 0 Å². The van der Waals surface area contributed by atoms with Gasteiger partial charge in [0.1, 0.15) is 13.2 Å². The highest BCUT2D eigenvalue weighted by Gasteiger charge is 2.29. The molecule has 1 aliphatic heterocycles. The van der Waals surface area contributed by atoms with Crippen molar-refractivity contribution in [3.63, 3.8) is 0 Å². The molecule has 0 unspecified atom stereocenters. The summed E-state index contributed by atoms with van der Waals surface area (Å²) < 4.78 is 33.4. The minimum absolute atomic E-state index is 0.0614. The van der Waals surface area contributed by atoms with Crippen molar-refractivity contribution in [1.82, 2.24) is 5.32 Å². The summed E-state index contributed by atoms with van der Waals surface area (Å²) in [6, 6.07) is 18.7. The fourth-order valence-corrected chi connectivity index (χ4v) is 5.62. The molecule has 0 radical (unpaired) electrons. The van der Waals surface area contributed by atoms with Crippen LogP contribution in [0.3, 0.4) is 0 Å². The van der Waals surface area contributed by atoms with Crippen molar-refractivity contribution in [1.29, 1.82) is 0 Å². The number of anilines is 2. The lowest BCUT2D eigenvalue weighted by molar-refractivity contribution is -0.125. The Hall–Kier alpha value is -3.40. The van der Waals surface area contributed by atoms with Crippen molar-refractivity contribution in [3.8, 4) is 0 Å². The summed E-state index contributed by atoms with van der Waals surface area (Å²) in [5, 5.41) is 3.20. The minimum Gasteiger partial charge on any atom is -0.370 e. The number of rotatable bonds is 8. The highest BCUT2D eigenvalue weighted by molar-refractivity contribution is 7.92. The fraction of sp³-hybridized carbons (Fsp3) is 0.259. The van der Waals surface area contributed by atoms with Gasteiger partial charge in [-0.1, -0.05) is 47.5 Å². The van der Waals surface area contributed by atoms with E-state index < -0.39 is 22.5 Å². The first kappa shape index (κ1) is 26.7. The molecule has 8 nitrogen and oxygen atoms in total. The molecule has 1 aliphatic rings. The standard InChI is InChI=1S/C27H28ClN3O5S/c1-19-6-12-23(13-7-19)37(34,35)31(25-5-3-4-24(28)20(25)2)17-26(32)29-16-21-8-10-22(11-9-21)30-14-15-36-18-27(30)33/h3-13H,14-18H2,1-2H3,(H,29,32). The van der Waals surface area contributed by atoms with Crippen LogP contribution in [0.2, 0.25) is 5.02 Å². The lowest BCUT2D eigenvalue weighted by Crippen LogP contribution is -2.41. The van der Waals surface area contributed by atoms with Gasteiger partial charge in [-0.15, -0.1) is 0 Å². The van der Waals surface area contributed by atoms with E-state index in [0.717, 1.165) is 21.1 Å². The Morgan fingerprint density at radius 1 is 1.05 bits per heavy atom. The Kier molecular flexibility index (Phi) is 8.16. The van der Waals surface area contributed by atoms with Crippen LogP contribution in [0.25, 0.3) is 0 Å². The summed E-state index contributed by atoms with van der Waals surface area (Å²) in [4.78, 5) is 26.8. The molecule has 0 aliphatic carbocycles. The van der Waals surface area contributed by atoms with Gasteiger partial charge in [0.15, 0.2) is 0 Å². The molecule has 1 fully saturated rings. The van der Waals surface area contributed by atoms with Gasteiger partial charge in [-0.05, 0) is 61.4 Å². The van der Waals surface area contributed by atoms with Crippen LogP contribution in [0, 0.1) is 13.8 Å². The number of morpholine rings is 1. The Bertz CT molecular complexity index is 1390. The van der Waals surface area contributed by atoms with Gasteiger partial charge in [-0.2, -0.15) is 0 Å². The molecule has 2 amide bonds. The monoisotopic (exact) mass is 541 g/mol. The van der Waals surface area contributed by atoms with Crippen LogP contribution < -0.4 is 14.5 Å². The average molecular weight is 542 g/mol. The molecule has 0 bridgehead atoms. The second-order valence-corrected chi connectivity index (χ2v) is 11.0. The van der Waals surface area contributed by atoms with E-state index in [1.165, 1.54) is 12.1 Å². The van der Waals surface area contributed by atoms with E-state index >= 15 is 0 Å². The molecule has 0 aromatic heterocycles. The summed E-state index contributed by atoms with van der Waals surface area (Å²) in [7, 11) is -4.05. The average Bonchev–Trinajstić information content (AvgIpc) is 2.89. The number of halogens is 1. The second kappa shape index (κ2) is 11.3. The van der Waals surface area contributed by atoms with Gasteiger partial charge in [0, 0.05) is 23.8 Å². The van der Waals surface area contributed by atoms with E-state index in [1.54, 1.807) is 42.2 Å². The highest BCUT2D eigenvalue weighted by Crippen LogP contribution is 2.31. The van der Waals surface area contributed by atoms with Crippen LogP contribution in [0.5, 0.6) is 0 Å². The number of carbonyl (C=O) groups excluding carboxylic acids is 2. The minimum atomic E-state index is -4.05. The van der Waals surface area contributed by atoms with E-state index in [1.807, 2.05) is 31.2 Å². The molecule has 37 heavy (non-hydrogen) atoms. The number of hydrogen-bond donors (Lipinski definition) is 1. The molecule has 3 aromatic rings. The predicted molar refractivity (Wildman–Crippen MR) is 143 cm³/mol. The number of nitrogens with zero attached hydrogens (tertiary/aromatic N) is 2. The van der Waals surface area contributed by atoms with Crippen LogP contribution in [-0.2, 0) is 30.9 Å². The number of ether oxygens (including phenoxy) is 1. The largest absolute Gasteiger partial charge is 0.370 e. The van der Waals surface area contributed by atoms with E-state index in [9.17, 15) is 18.0 Å². The van der Waals surface area contributed by atoms with Crippen LogP contribution in [0.1, 0.15) is 16.7 Å². The molecule has 1 heterocycles. The zero-order chi connectivity index (χ0) is 26.6. The molecule has 3 aromatic carbocycles. The Balaban J connectivity index is 1.50. The fourth-order valence-electron chi connectivity index (χ4n) is 3.98. The predicted octanol–water partition coefficient (Wildman–Crippen LogP) is 3.83. The quantitative estimate of drug-likeness (QED) is 0.467. The highest BCUT2D eigenvalue weighted by atomic mass is 35.5. The van der Waals surface area contributed by atoms with Crippen LogP contribution in [0.15, 0.2) is 71.6 Å². The van der Waals surface area contributed by atoms with Crippen LogP contribution in [-0.4, -0.2) is 46.5 Å². The summed E-state index contributed by atoms with van der Waals surface area (Å²) >= 11 is 6.28. The van der Waals surface area contributed by atoms with E-state index in [-0.39, 0.29) is 24.0 Å². The third kappa shape index (κ3) is 6.12.